The number of aryl methyl sites for hydroxylation is 1. The maximum atomic E-state index is 11.8. The number of nitrogens with zero attached hydrogens (tertiary/aromatic N) is 1. The van der Waals surface area contributed by atoms with Gasteiger partial charge in [-0.3, -0.25) is 9.78 Å². The van der Waals surface area contributed by atoms with Crippen molar-refractivity contribution in [3.63, 3.8) is 0 Å². The smallest absolute Gasteiger partial charge is 0.270 e. The number of pyridine rings is 1. The molecule has 0 saturated heterocycles. The average molecular weight is 221 g/mol. The van der Waals surface area contributed by atoms with Gasteiger partial charge in [-0.15, -0.1) is 0 Å². The molecule has 0 spiro atoms. The van der Waals surface area contributed by atoms with E-state index >= 15 is 0 Å². The molecule has 0 aliphatic rings. The standard InChI is InChI=1S/C12H19N3O/c1-9(5-6-13)8-15-12(16)11-10(2)4-3-7-14-11/h3-4,7,9H,5-6,8,13H2,1-2H3,(H,15,16). The molecule has 0 fully saturated rings. The second kappa shape index (κ2) is 6.23. The number of hydrogen-bond donors (Lipinski definition) is 2. The summed E-state index contributed by atoms with van der Waals surface area (Å²) in [6, 6.07) is 3.70. The molecule has 1 unspecified atom stereocenters. The Kier molecular flexibility index (Phi) is 4.92. The zero-order valence-electron chi connectivity index (χ0n) is 9.86. The molecule has 0 bridgehead atoms. The van der Waals surface area contributed by atoms with Crippen LogP contribution in [0.5, 0.6) is 0 Å². The highest BCUT2D eigenvalue weighted by molar-refractivity contribution is 5.93. The first-order valence-electron chi connectivity index (χ1n) is 5.55. The van der Waals surface area contributed by atoms with E-state index in [0.717, 1.165) is 12.0 Å². The number of aromatic nitrogens is 1. The molecule has 1 rings (SSSR count). The lowest BCUT2D eigenvalue weighted by molar-refractivity contribution is 0.0942. The molecule has 4 heteroatoms. The number of carbonyl (C=O) groups is 1. The number of nitrogens with one attached hydrogen (secondary N) is 1. The highest BCUT2D eigenvalue weighted by atomic mass is 16.1. The van der Waals surface area contributed by atoms with Gasteiger partial charge in [-0.25, -0.2) is 0 Å². The first-order chi connectivity index (χ1) is 7.65. The second-order valence-electron chi connectivity index (χ2n) is 4.06. The number of amides is 1. The summed E-state index contributed by atoms with van der Waals surface area (Å²) < 4.78 is 0. The van der Waals surface area contributed by atoms with Crippen molar-refractivity contribution in [3.8, 4) is 0 Å². The summed E-state index contributed by atoms with van der Waals surface area (Å²) in [4.78, 5) is 15.8. The first kappa shape index (κ1) is 12.6. The van der Waals surface area contributed by atoms with E-state index in [1.54, 1.807) is 6.20 Å². The van der Waals surface area contributed by atoms with Crippen LogP contribution in [0.2, 0.25) is 0 Å². The van der Waals surface area contributed by atoms with Crippen LogP contribution in [0, 0.1) is 12.8 Å². The van der Waals surface area contributed by atoms with Gasteiger partial charge >= 0.3 is 0 Å². The van der Waals surface area contributed by atoms with E-state index in [2.05, 4.69) is 17.2 Å². The molecule has 0 saturated carbocycles. The SMILES string of the molecule is Cc1cccnc1C(=O)NCC(C)CCN. The lowest BCUT2D eigenvalue weighted by Crippen LogP contribution is -2.30. The summed E-state index contributed by atoms with van der Waals surface area (Å²) in [7, 11) is 0. The number of rotatable bonds is 5. The van der Waals surface area contributed by atoms with Gasteiger partial charge in [0.1, 0.15) is 5.69 Å². The van der Waals surface area contributed by atoms with E-state index in [1.165, 1.54) is 0 Å². The fourth-order valence-corrected chi connectivity index (χ4v) is 1.46. The van der Waals surface area contributed by atoms with Gasteiger partial charge in [-0.05, 0) is 37.4 Å². The second-order valence-corrected chi connectivity index (χ2v) is 4.06. The normalized spacial score (nSPS) is 12.2. The van der Waals surface area contributed by atoms with Crippen LogP contribution in [0.3, 0.4) is 0 Å². The van der Waals surface area contributed by atoms with Crippen molar-refractivity contribution < 1.29 is 4.79 Å². The Hall–Kier alpha value is -1.42. The minimum absolute atomic E-state index is 0.109. The van der Waals surface area contributed by atoms with Crippen molar-refractivity contribution in [3.05, 3.63) is 29.6 Å². The first-order valence-corrected chi connectivity index (χ1v) is 5.55. The van der Waals surface area contributed by atoms with Gasteiger partial charge in [0.25, 0.3) is 5.91 Å². The molecule has 16 heavy (non-hydrogen) atoms. The molecule has 0 aliphatic heterocycles. The summed E-state index contributed by atoms with van der Waals surface area (Å²) in [6.07, 6.45) is 2.55. The summed E-state index contributed by atoms with van der Waals surface area (Å²) in [5.41, 5.74) is 6.84. The molecule has 88 valence electrons. The Morgan fingerprint density at radius 2 is 2.38 bits per heavy atom. The molecule has 0 aromatic carbocycles. The number of carbonyl (C=O) groups excluding carboxylic acids is 1. The van der Waals surface area contributed by atoms with E-state index in [9.17, 15) is 4.79 Å². The Bertz CT molecular complexity index is 352. The minimum atomic E-state index is -0.109. The van der Waals surface area contributed by atoms with Gasteiger partial charge in [-0.1, -0.05) is 13.0 Å². The molecule has 1 atom stereocenters. The predicted molar refractivity (Wildman–Crippen MR) is 64.1 cm³/mol. The topological polar surface area (TPSA) is 68.0 Å². The van der Waals surface area contributed by atoms with Gasteiger partial charge in [0.05, 0.1) is 0 Å². The van der Waals surface area contributed by atoms with Gasteiger partial charge in [0.15, 0.2) is 0 Å². The van der Waals surface area contributed by atoms with Crippen LogP contribution in [-0.4, -0.2) is 24.0 Å². The maximum absolute atomic E-state index is 11.8. The van der Waals surface area contributed by atoms with Gasteiger partial charge in [0, 0.05) is 12.7 Å². The van der Waals surface area contributed by atoms with Crippen LogP contribution in [-0.2, 0) is 0 Å². The van der Waals surface area contributed by atoms with E-state index in [0.29, 0.717) is 24.7 Å². The Labute approximate surface area is 96.3 Å². The van der Waals surface area contributed by atoms with Gasteiger partial charge in [-0.2, -0.15) is 0 Å². The van der Waals surface area contributed by atoms with Crippen LogP contribution in [0.15, 0.2) is 18.3 Å². The molecular formula is C12H19N3O. The zero-order valence-corrected chi connectivity index (χ0v) is 9.86. The molecule has 0 aliphatic carbocycles. The van der Waals surface area contributed by atoms with Crippen molar-refractivity contribution in [2.75, 3.05) is 13.1 Å². The van der Waals surface area contributed by atoms with Crippen molar-refractivity contribution in [2.24, 2.45) is 11.7 Å². The van der Waals surface area contributed by atoms with Crippen LogP contribution in [0.25, 0.3) is 0 Å². The van der Waals surface area contributed by atoms with Crippen molar-refractivity contribution in [1.29, 1.82) is 0 Å². The predicted octanol–water partition coefficient (Wildman–Crippen LogP) is 1.10. The van der Waals surface area contributed by atoms with Crippen molar-refractivity contribution in [1.82, 2.24) is 10.3 Å². The van der Waals surface area contributed by atoms with Crippen LogP contribution < -0.4 is 11.1 Å². The Balaban J connectivity index is 2.50. The summed E-state index contributed by atoms with van der Waals surface area (Å²) in [5.74, 6) is 0.292. The van der Waals surface area contributed by atoms with Gasteiger partial charge < -0.3 is 11.1 Å². The van der Waals surface area contributed by atoms with Gasteiger partial charge in [0.2, 0.25) is 0 Å². The van der Waals surface area contributed by atoms with Crippen LogP contribution in [0.4, 0.5) is 0 Å². The van der Waals surface area contributed by atoms with E-state index in [-0.39, 0.29) is 5.91 Å². The lowest BCUT2D eigenvalue weighted by Gasteiger charge is -2.11. The van der Waals surface area contributed by atoms with Crippen molar-refractivity contribution >= 4 is 5.91 Å². The van der Waals surface area contributed by atoms with E-state index in [4.69, 9.17) is 5.73 Å². The third-order valence-electron chi connectivity index (χ3n) is 2.50. The monoisotopic (exact) mass is 221 g/mol. The number of hydrogen-bond acceptors (Lipinski definition) is 3. The molecular weight excluding hydrogens is 202 g/mol. The van der Waals surface area contributed by atoms with Crippen molar-refractivity contribution in [2.45, 2.75) is 20.3 Å². The van der Waals surface area contributed by atoms with E-state index < -0.39 is 0 Å². The largest absolute Gasteiger partial charge is 0.350 e. The molecule has 1 amide bonds. The van der Waals surface area contributed by atoms with Crippen LogP contribution >= 0.6 is 0 Å². The molecule has 0 radical (unpaired) electrons. The number of nitrogens with two attached hydrogens (primary N) is 1. The highest BCUT2D eigenvalue weighted by Crippen LogP contribution is 2.03. The minimum Gasteiger partial charge on any atom is -0.350 e. The quantitative estimate of drug-likeness (QED) is 0.782. The molecule has 1 aromatic rings. The fourth-order valence-electron chi connectivity index (χ4n) is 1.46. The molecule has 1 heterocycles. The Morgan fingerprint density at radius 1 is 1.62 bits per heavy atom. The summed E-state index contributed by atoms with van der Waals surface area (Å²) in [5, 5.41) is 2.87. The third kappa shape index (κ3) is 3.62. The zero-order chi connectivity index (χ0) is 12.0. The molecule has 3 N–H and O–H groups in total. The Morgan fingerprint density at radius 3 is 3.00 bits per heavy atom. The molecule has 4 nitrogen and oxygen atoms in total. The third-order valence-corrected chi connectivity index (χ3v) is 2.50. The van der Waals surface area contributed by atoms with Crippen LogP contribution in [0.1, 0.15) is 29.4 Å². The summed E-state index contributed by atoms with van der Waals surface area (Å²) >= 11 is 0. The molecule has 1 aromatic heterocycles. The fraction of sp³-hybridized carbons (Fsp3) is 0.500. The van der Waals surface area contributed by atoms with E-state index in [1.807, 2.05) is 19.1 Å². The average Bonchev–Trinajstić information content (AvgIpc) is 2.27. The maximum Gasteiger partial charge on any atom is 0.270 e. The highest BCUT2D eigenvalue weighted by Gasteiger charge is 2.10. The lowest BCUT2D eigenvalue weighted by atomic mass is 10.1. The summed E-state index contributed by atoms with van der Waals surface area (Å²) in [6.45, 7) is 5.25.